The summed E-state index contributed by atoms with van der Waals surface area (Å²) in [7, 11) is 0. The lowest BCUT2D eigenvalue weighted by Gasteiger charge is -2.23. The van der Waals surface area contributed by atoms with E-state index in [9.17, 15) is 4.79 Å². The number of nitrogens with zero attached hydrogens (tertiary/aromatic N) is 2. The number of rotatable bonds is 4. The van der Waals surface area contributed by atoms with Crippen molar-refractivity contribution in [1.82, 2.24) is 14.9 Å². The fraction of sp³-hybridized carbons (Fsp3) is 0.636. The summed E-state index contributed by atoms with van der Waals surface area (Å²) in [5.41, 5.74) is -0.261. The number of hydrogen-bond donors (Lipinski definition) is 1. The highest BCUT2D eigenvalue weighted by atomic mass is 35.5. The van der Waals surface area contributed by atoms with Crippen LogP contribution in [0.4, 0.5) is 0 Å². The second kappa shape index (κ2) is 6.14. The molecule has 17 heavy (non-hydrogen) atoms. The number of halogens is 1. The summed E-state index contributed by atoms with van der Waals surface area (Å²) in [5, 5.41) is 3.89. The van der Waals surface area contributed by atoms with Crippen LogP contribution in [0.25, 0.3) is 0 Å². The molecule has 1 saturated heterocycles. The van der Waals surface area contributed by atoms with Crippen molar-refractivity contribution in [2.45, 2.75) is 25.4 Å². The molecule has 0 atom stereocenters. The predicted molar refractivity (Wildman–Crippen MR) is 65.4 cm³/mol. The van der Waals surface area contributed by atoms with Gasteiger partial charge in [-0.05, 0) is 12.8 Å². The van der Waals surface area contributed by atoms with E-state index < -0.39 is 0 Å². The van der Waals surface area contributed by atoms with Crippen molar-refractivity contribution in [3.05, 3.63) is 27.9 Å². The first-order valence-electron chi connectivity index (χ1n) is 5.79. The zero-order chi connectivity index (χ0) is 12.1. The lowest BCUT2D eigenvalue weighted by molar-refractivity contribution is 0.0778. The van der Waals surface area contributed by atoms with Crippen molar-refractivity contribution in [1.29, 1.82) is 0 Å². The Kier molecular flexibility index (Phi) is 4.53. The van der Waals surface area contributed by atoms with Gasteiger partial charge in [0.2, 0.25) is 0 Å². The maximum Gasteiger partial charge on any atom is 0.347 e. The van der Waals surface area contributed by atoms with Crippen LogP contribution in [0.15, 0.2) is 17.2 Å². The minimum atomic E-state index is -0.261. The number of nitrogens with one attached hydrogen (secondary N) is 1. The molecule has 2 heterocycles. The van der Waals surface area contributed by atoms with Crippen molar-refractivity contribution in [3.8, 4) is 0 Å². The van der Waals surface area contributed by atoms with Gasteiger partial charge in [-0.1, -0.05) is 11.6 Å². The maximum absolute atomic E-state index is 11.4. The lowest BCUT2D eigenvalue weighted by Crippen LogP contribution is -2.37. The number of aromatic nitrogens is 2. The average Bonchev–Trinajstić information content (AvgIpc) is 2.35. The van der Waals surface area contributed by atoms with Gasteiger partial charge in [-0.25, -0.2) is 9.78 Å². The van der Waals surface area contributed by atoms with E-state index in [4.69, 9.17) is 16.3 Å². The molecule has 0 bridgehead atoms. The van der Waals surface area contributed by atoms with Gasteiger partial charge in [0.05, 0.1) is 11.2 Å². The van der Waals surface area contributed by atoms with E-state index in [0.29, 0.717) is 17.6 Å². The zero-order valence-corrected chi connectivity index (χ0v) is 10.3. The molecule has 6 heteroatoms. The molecule has 0 aromatic carbocycles. The van der Waals surface area contributed by atoms with Gasteiger partial charge in [-0.15, -0.1) is 0 Å². The topological polar surface area (TPSA) is 56.2 Å². The molecule has 1 aliphatic heterocycles. The maximum atomic E-state index is 11.4. The predicted octanol–water partition coefficient (Wildman–Crippen LogP) is 0.665. The van der Waals surface area contributed by atoms with Gasteiger partial charge in [-0.2, -0.15) is 0 Å². The molecule has 1 aliphatic rings. The highest BCUT2D eigenvalue weighted by Crippen LogP contribution is 2.05. The van der Waals surface area contributed by atoms with Crippen LogP contribution in [0.1, 0.15) is 12.8 Å². The highest BCUT2D eigenvalue weighted by Gasteiger charge is 2.12. The van der Waals surface area contributed by atoms with Gasteiger partial charge >= 0.3 is 5.69 Å². The quantitative estimate of drug-likeness (QED) is 0.861. The second-order valence-corrected chi connectivity index (χ2v) is 4.53. The van der Waals surface area contributed by atoms with Gasteiger partial charge in [0.25, 0.3) is 0 Å². The molecular weight excluding hydrogens is 242 g/mol. The van der Waals surface area contributed by atoms with E-state index >= 15 is 0 Å². The molecule has 0 amide bonds. The largest absolute Gasteiger partial charge is 0.381 e. The van der Waals surface area contributed by atoms with Crippen LogP contribution < -0.4 is 11.0 Å². The van der Waals surface area contributed by atoms with E-state index in [1.807, 2.05) is 0 Å². The lowest BCUT2D eigenvalue weighted by atomic mass is 10.1. The van der Waals surface area contributed by atoms with Crippen LogP contribution in [0.3, 0.4) is 0 Å². The van der Waals surface area contributed by atoms with Gasteiger partial charge < -0.3 is 10.1 Å². The molecule has 0 saturated carbocycles. The first-order valence-corrected chi connectivity index (χ1v) is 6.16. The van der Waals surface area contributed by atoms with E-state index in [-0.39, 0.29) is 5.69 Å². The molecule has 1 aromatic rings. The summed E-state index contributed by atoms with van der Waals surface area (Å²) in [6, 6.07) is 0.492. The third-order valence-electron chi connectivity index (χ3n) is 2.83. The third-order valence-corrected chi connectivity index (χ3v) is 3.03. The Labute approximate surface area is 105 Å². The molecular formula is C11H16ClN3O2. The van der Waals surface area contributed by atoms with Crippen molar-refractivity contribution >= 4 is 11.6 Å². The number of ether oxygens (including phenoxy) is 1. The van der Waals surface area contributed by atoms with Gasteiger partial charge in [0.1, 0.15) is 0 Å². The highest BCUT2D eigenvalue weighted by molar-refractivity contribution is 6.30. The molecule has 94 valence electrons. The Hall–Kier alpha value is -0.910. The normalized spacial score (nSPS) is 17.2. The molecule has 2 rings (SSSR count). The second-order valence-electron chi connectivity index (χ2n) is 4.09. The molecule has 1 aromatic heterocycles. The third kappa shape index (κ3) is 3.80. The Morgan fingerprint density at radius 2 is 2.29 bits per heavy atom. The SMILES string of the molecule is O=c1ncc(Cl)cn1CCNC1CCOCC1. The van der Waals surface area contributed by atoms with Gasteiger partial charge in [0, 0.05) is 38.5 Å². The molecule has 0 unspecified atom stereocenters. The molecule has 5 nitrogen and oxygen atoms in total. The van der Waals surface area contributed by atoms with E-state index in [2.05, 4.69) is 10.3 Å². The van der Waals surface area contributed by atoms with E-state index in [1.165, 1.54) is 10.8 Å². The monoisotopic (exact) mass is 257 g/mol. The molecule has 1 fully saturated rings. The first kappa shape index (κ1) is 12.5. The summed E-state index contributed by atoms with van der Waals surface area (Å²) in [6.07, 6.45) is 5.04. The van der Waals surface area contributed by atoms with Crippen molar-refractivity contribution < 1.29 is 4.74 Å². The Balaban J connectivity index is 1.81. The van der Waals surface area contributed by atoms with Crippen molar-refractivity contribution in [2.24, 2.45) is 0 Å². The van der Waals surface area contributed by atoms with Crippen LogP contribution in [-0.2, 0) is 11.3 Å². The number of hydrogen-bond acceptors (Lipinski definition) is 4. The standard InChI is InChI=1S/C11H16ClN3O2/c12-9-7-14-11(16)15(8-9)4-3-13-10-1-5-17-6-2-10/h7-8,10,13H,1-6H2. The fourth-order valence-corrected chi connectivity index (χ4v) is 2.05. The van der Waals surface area contributed by atoms with Crippen LogP contribution in [-0.4, -0.2) is 35.4 Å². The van der Waals surface area contributed by atoms with Gasteiger partial charge in [0.15, 0.2) is 0 Å². The molecule has 1 N–H and O–H groups in total. The van der Waals surface area contributed by atoms with E-state index in [1.54, 1.807) is 6.20 Å². The van der Waals surface area contributed by atoms with Gasteiger partial charge in [-0.3, -0.25) is 4.57 Å². The average molecular weight is 258 g/mol. The summed E-state index contributed by atoms with van der Waals surface area (Å²) in [5.74, 6) is 0. The minimum absolute atomic E-state index is 0.261. The Morgan fingerprint density at radius 3 is 3.06 bits per heavy atom. The summed E-state index contributed by atoms with van der Waals surface area (Å²) in [6.45, 7) is 2.96. The van der Waals surface area contributed by atoms with Crippen LogP contribution >= 0.6 is 11.6 Å². The molecule has 0 spiro atoms. The molecule has 0 radical (unpaired) electrons. The molecule has 0 aliphatic carbocycles. The first-order chi connectivity index (χ1) is 8.25. The van der Waals surface area contributed by atoms with Crippen LogP contribution in [0.2, 0.25) is 5.02 Å². The smallest absolute Gasteiger partial charge is 0.347 e. The zero-order valence-electron chi connectivity index (χ0n) is 9.56. The Bertz CT molecular complexity index is 415. The van der Waals surface area contributed by atoms with Crippen molar-refractivity contribution in [3.63, 3.8) is 0 Å². The Morgan fingerprint density at radius 1 is 1.53 bits per heavy atom. The van der Waals surface area contributed by atoms with Crippen LogP contribution in [0.5, 0.6) is 0 Å². The summed E-state index contributed by atoms with van der Waals surface area (Å²) < 4.78 is 6.80. The summed E-state index contributed by atoms with van der Waals surface area (Å²) in [4.78, 5) is 15.1. The fourth-order valence-electron chi connectivity index (χ4n) is 1.88. The minimum Gasteiger partial charge on any atom is -0.381 e. The van der Waals surface area contributed by atoms with E-state index in [0.717, 1.165) is 32.6 Å². The van der Waals surface area contributed by atoms with Crippen molar-refractivity contribution in [2.75, 3.05) is 19.8 Å². The summed E-state index contributed by atoms with van der Waals surface area (Å²) >= 11 is 5.79. The van der Waals surface area contributed by atoms with Crippen LogP contribution in [0, 0.1) is 0 Å².